The minimum absolute atomic E-state index is 0.0910. The Kier molecular flexibility index (Phi) is 3.63. The molecule has 0 heterocycles. The van der Waals surface area contributed by atoms with E-state index in [4.69, 9.17) is 0 Å². The van der Waals surface area contributed by atoms with Crippen molar-refractivity contribution in [2.45, 2.75) is 64.5 Å². The van der Waals surface area contributed by atoms with Crippen molar-refractivity contribution in [2.75, 3.05) is 7.05 Å². The van der Waals surface area contributed by atoms with Gasteiger partial charge in [0.1, 0.15) is 0 Å². The van der Waals surface area contributed by atoms with Crippen LogP contribution in [-0.4, -0.2) is 23.3 Å². The van der Waals surface area contributed by atoms with E-state index >= 15 is 0 Å². The van der Waals surface area contributed by atoms with Gasteiger partial charge < -0.3 is 10.4 Å². The van der Waals surface area contributed by atoms with E-state index in [0.717, 1.165) is 12.8 Å². The summed E-state index contributed by atoms with van der Waals surface area (Å²) in [5, 5.41) is 15.0. The van der Waals surface area contributed by atoms with Crippen molar-refractivity contribution in [3.63, 3.8) is 0 Å². The summed E-state index contributed by atoms with van der Waals surface area (Å²) in [7, 11) is 1.96. The molecule has 0 amide bonds. The topological polar surface area (TPSA) is 34.3 Å². The zero-order valence-corrected chi connectivity index (χ0v) is 12.5. The molecule has 1 saturated carbocycles. The van der Waals surface area contributed by atoms with Crippen LogP contribution in [0.4, 0.5) is 0 Å². The lowest BCUT2D eigenvalue weighted by Crippen LogP contribution is -2.46. The number of rotatable bonds is 2. The molecule has 0 spiro atoms. The van der Waals surface area contributed by atoms with Gasteiger partial charge in [0, 0.05) is 0 Å². The number of aliphatic hydroxyl groups is 1. The highest BCUT2D eigenvalue weighted by molar-refractivity contribution is 5.30. The van der Waals surface area contributed by atoms with Gasteiger partial charge in [-0.1, -0.05) is 38.8 Å². The van der Waals surface area contributed by atoms with E-state index in [1.807, 2.05) is 14.0 Å². The van der Waals surface area contributed by atoms with Gasteiger partial charge in [0.25, 0.3) is 0 Å². The summed E-state index contributed by atoms with van der Waals surface area (Å²) >= 11 is 0. The first-order chi connectivity index (χ1) is 8.29. The van der Waals surface area contributed by atoms with Gasteiger partial charge >= 0.3 is 0 Å². The molecule has 0 aromatic heterocycles. The van der Waals surface area contributed by atoms with Crippen LogP contribution in [0, 0.1) is 17.8 Å². The lowest BCUT2D eigenvalue weighted by atomic mass is 9.59. The molecule has 2 nitrogen and oxygen atoms in total. The minimum Gasteiger partial charge on any atom is -0.659 e. The summed E-state index contributed by atoms with van der Waals surface area (Å²) in [5.41, 5.74) is 0.971. The van der Waals surface area contributed by atoms with Crippen LogP contribution < -0.4 is 0 Å². The Hall–Kier alpha value is -0.340. The van der Waals surface area contributed by atoms with Gasteiger partial charge in [-0.25, -0.2) is 0 Å². The quantitative estimate of drug-likeness (QED) is 0.741. The molecule has 0 radical (unpaired) electrons. The molecule has 18 heavy (non-hydrogen) atoms. The maximum absolute atomic E-state index is 10.3. The van der Waals surface area contributed by atoms with Crippen LogP contribution in [0.2, 0.25) is 0 Å². The largest absolute Gasteiger partial charge is 0.659 e. The molecule has 0 aromatic carbocycles. The van der Waals surface area contributed by atoms with Crippen molar-refractivity contribution in [3.8, 4) is 0 Å². The second kappa shape index (κ2) is 4.64. The van der Waals surface area contributed by atoms with Crippen molar-refractivity contribution >= 4 is 0 Å². The summed E-state index contributed by atoms with van der Waals surface area (Å²) in [6.07, 6.45) is 6.52. The molecule has 0 bridgehead atoms. The SMILES string of the molecule is C[N-]C1(C)CCC(C(C)C)C2=CC(C)(O)CCC21. The first-order valence-corrected chi connectivity index (χ1v) is 7.35. The molecule has 0 aromatic rings. The summed E-state index contributed by atoms with van der Waals surface area (Å²) < 4.78 is 0. The Balaban J connectivity index is 2.38. The molecule has 0 aliphatic heterocycles. The van der Waals surface area contributed by atoms with Crippen LogP contribution in [0.15, 0.2) is 11.6 Å². The molecular formula is C16H28NO-. The number of hydrogen-bond donors (Lipinski definition) is 1. The fraction of sp³-hybridized carbons (Fsp3) is 0.875. The van der Waals surface area contributed by atoms with E-state index in [9.17, 15) is 5.11 Å². The third-order valence-electron chi connectivity index (χ3n) is 5.28. The average molecular weight is 250 g/mol. The maximum atomic E-state index is 10.3. The summed E-state index contributed by atoms with van der Waals surface area (Å²) in [5.74, 6) is 1.84. The monoisotopic (exact) mass is 250 g/mol. The van der Waals surface area contributed by atoms with E-state index < -0.39 is 5.60 Å². The maximum Gasteiger partial charge on any atom is 0.0802 e. The molecule has 4 unspecified atom stereocenters. The molecule has 1 N–H and O–H groups in total. The Morgan fingerprint density at radius 1 is 1.28 bits per heavy atom. The first-order valence-electron chi connectivity index (χ1n) is 7.35. The van der Waals surface area contributed by atoms with Crippen LogP contribution in [-0.2, 0) is 0 Å². The van der Waals surface area contributed by atoms with Crippen LogP contribution >= 0.6 is 0 Å². The van der Waals surface area contributed by atoms with Crippen molar-refractivity contribution in [3.05, 3.63) is 17.0 Å². The molecule has 0 saturated heterocycles. The van der Waals surface area contributed by atoms with Crippen molar-refractivity contribution in [2.24, 2.45) is 17.8 Å². The summed E-state index contributed by atoms with van der Waals surface area (Å²) in [6, 6.07) is 0. The summed E-state index contributed by atoms with van der Waals surface area (Å²) in [4.78, 5) is 0. The van der Waals surface area contributed by atoms with Crippen molar-refractivity contribution in [1.29, 1.82) is 0 Å². The molecule has 4 atom stereocenters. The van der Waals surface area contributed by atoms with Gasteiger partial charge in [-0.05, 0) is 43.9 Å². The van der Waals surface area contributed by atoms with Gasteiger partial charge in [-0.2, -0.15) is 7.05 Å². The lowest BCUT2D eigenvalue weighted by molar-refractivity contribution is 0.0672. The molecule has 2 heteroatoms. The van der Waals surface area contributed by atoms with Crippen molar-refractivity contribution < 1.29 is 5.11 Å². The second-order valence-electron chi connectivity index (χ2n) is 7.06. The van der Waals surface area contributed by atoms with E-state index in [0.29, 0.717) is 17.8 Å². The normalized spacial score (nSPS) is 44.7. The highest BCUT2D eigenvalue weighted by Crippen LogP contribution is 2.52. The minimum atomic E-state index is -0.606. The van der Waals surface area contributed by atoms with Gasteiger partial charge in [-0.3, -0.25) is 0 Å². The van der Waals surface area contributed by atoms with Gasteiger partial charge in [0.15, 0.2) is 0 Å². The highest BCUT2D eigenvalue weighted by Gasteiger charge is 2.42. The Morgan fingerprint density at radius 3 is 2.50 bits per heavy atom. The second-order valence-corrected chi connectivity index (χ2v) is 7.06. The molecule has 2 aliphatic rings. The predicted molar refractivity (Wildman–Crippen MR) is 76.7 cm³/mol. The zero-order valence-electron chi connectivity index (χ0n) is 12.5. The first kappa shape index (κ1) is 14.1. The van der Waals surface area contributed by atoms with E-state index in [-0.39, 0.29) is 5.54 Å². The molecular weight excluding hydrogens is 222 g/mol. The molecule has 104 valence electrons. The number of fused-ring (bicyclic) bond motifs is 1. The van der Waals surface area contributed by atoms with Crippen LogP contribution in [0.1, 0.15) is 53.4 Å². The lowest BCUT2D eigenvalue weighted by Gasteiger charge is -2.57. The average Bonchev–Trinajstić information content (AvgIpc) is 2.27. The third-order valence-corrected chi connectivity index (χ3v) is 5.28. The highest BCUT2D eigenvalue weighted by atomic mass is 16.3. The fourth-order valence-corrected chi connectivity index (χ4v) is 3.94. The van der Waals surface area contributed by atoms with Crippen molar-refractivity contribution in [1.82, 2.24) is 0 Å². The standard InChI is InChI=1S/C16H28NO/c1-11(2)12-6-9-16(4,17-5)14-7-8-15(3,18)10-13(12)14/h10-12,14,18H,6-9H2,1-5H3/q-1. The molecule has 2 aliphatic carbocycles. The van der Waals surface area contributed by atoms with Crippen LogP contribution in [0.25, 0.3) is 5.32 Å². The van der Waals surface area contributed by atoms with Gasteiger partial charge in [-0.15, -0.1) is 5.54 Å². The fourth-order valence-electron chi connectivity index (χ4n) is 3.94. The molecule has 2 rings (SSSR count). The van der Waals surface area contributed by atoms with Gasteiger partial charge in [0.2, 0.25) is 0 Å². The number of nitrogens with zero attached hydrogens (tertiary/aromatic N) is 1. The van der Waals surface area contributed by atoms with Crippen LogP contribution in [0.3, 0.4) is 0 Å². The van der Waals surface area contributed by atoms with E-state index in [1.165, 1.54) is 18.4 Å². The molecule has 1 fully saturated rings. The summed E-state index contributed by atoms with van der Waals surface area (Å²) in [6.45, 7) is 8.85. The smallest absolute Gasteiger partial charge is 0.0802 e. The van der Waals surface area contributed by atoms with Crippen LogP contribution in [0.5, 0.6) is 0 Å². The predicted octanol–water partition coefficient (Wildman–Crippen LogP) is 3.90. The van der Waals surface area contributed by atoms with E-state index in [2.05, 4.69) is 32.2 Å². The van der Waals surface area contributed by atoms with Gasteiger partial charge in [0.05, 0.1) is 5.60 Å². The Bertz CT molecular complexity index is 345. The third kappa shape index (κ3) is 2.37. The number of hydrogen-bond acceptors (Lipinski definition) is 1. The van der Waals surface area contributed by atoms with E-state index in [1.54, 1.807) is 0 Å². The zero-order chi connectivity index (χ0) is 13.6. The Morgan fingerprint density at radius 2 is 1.94 bits per heavy atom. The Labute approximate surface area is 112 Å².